The topological polar surface area (TPSA) is 56.5 Å². The van der Waals surface area contributed by atoms with Crippen molar-refractivity contribution < 1.29 is 9.53 Å². The summed E-state index contributed by atoms with van der Waals surface area (Å²) < 4.78 is 6.27. The van der Waals surface area contributed by atoms with Crippen LogP contribution in [0, 0.1) is 6.92 Å². The number of esters is 1. The molecule has 0 aliphatic heterocycles. The second-order valence-electron chi connectivity index (χ2n) is 2.83. The maximum absolute atomic E-state index is 11.4. The van der Waals surface area contributed by atoms with Crippen LogP contribution in [0.4, 0.5) is 0 Å². The zero-order valence-corrected chi connectivity index (χ0v) is 7.89. The molecule has 0 unspecified atom stereocenters. The molecule has 0 spiro atoms. The molecule has 2 heterocycles. The number of ether oxygens (including phenoxy) is 1. The standard InChI is InChI=1S/C9H9N3O2/c1-6-7(8(13)14-2)12-5-3-4-10-9(12)11-6/h3-5H,1-2H3. The third-order valence-corrected chi connectivity index (χ3v) is 1.96. The van der Waals surface area contributed by atoms with Crippen LogP contribution in [0.1, 0.15) is 16.2 Å². The first kappa shape index (κ1) is 8.68. The first-order chi connectivity index (χ1) is 6.74. The minimum absolute atomic E-state index is 0.400. The highest BCUT2D eigenvalue weighted by Gasteiger charge is 2.16. The Morgan fingerprint density at radius 1 is 1.57 bits per heavy atom. The first-order valence-corrected chi connectivity index (χ1v) is 4.12. The Morgan fingerprint density at radius 3 is 3.07 bits per heavy atom. The van der Waals surface area contributed by atoms with Crippen LogP contribution in [0.5, 0.6) is 0 Å². The van der Waals surface area contributed by atoms with E-state index in [2.05, 4.69) is 14.7 Å². The summed E-state index contributed by atoms with van der Waals surface area (Å²) in [5.41, 5.74) is 1.05. The lowest BCUT2D eigenvalue weighted by molar-refractivity contribution is 0.0592. The molecule has 2 aromatic heterocycles. The van der Waals surface area contributed by atoms with Gasteiger partial charge < -0.3 is 4.74 Å². The largest absolute Gasteiger partial charge is 0.464 e. The van der Waals surface area contributed by atoms with Gasteiger partial charge in [-0.1, -0.05) is 0 Å². The average Bonchev–Trinajstić information content (AvgIpc) is 2.53. The van der Waals surface area contributed by atoms with Crippen molar-refractivity contribution in [2.75, 3.05) is 7.11 Å². The number of rotatable bonds is 1. The minimum Gasteiger partial charge on any atom is -0.464 e. The van der Waals surface area contributed by atoms with Crippen molar-refractivity contribution in [2.45, 2.75) is 6.92 Å². The first-order valence-electron chi connectivity index (χ1n) is 4.12. The molecule has 14 heavy (non-hydrogen) atoms. The van der Waals surface area contributed by atoms with Gasteiger partial charge >= 0.3 is 5.97 Å². The Kier molecular flexibility index (Phi) is 1.92. The molecular weight excluding hydrogens is 182 g/mol. The molecule has 0 bridgehead atoms. The van der Waals surface area contributed by atoms with Crippen LogP contribution in [-0.2, 0) is 4.74 Å². The smallest absolute Gasteiger partial charge is 0.357 e. The molecule has 0 aliphatic carbocycles. The lowest BCUT2D eigenvalue weighted by atomic mass is 10.3. The maximum Gasteiger partial charge on any atom is 0.357 e. The van der Waals surface area contributed by atoms with Gasteiger partial charge in [-0.15, -0.1) is 0 Å². The zero-order chi connectivity index (χ0) is 10.1. The highest BCUT2D eigenvalue weighted by molar-refractivity contribution is 5.89. The molecule has 5 nitrogen and oxygen atoms in total. The fourth-order valence-corrected chi connectivity index (χ4v) is 1.34. The third-order valence-electron chi connectivity index (χ3n) is 1.96. The summed E-state index contributed by atoms with van der Waals surface area (Å²) >= 11 is 0. The van der Waals surface area contributed by atoms with Crippen molar-refractivity contribution >= 4 is 11.7 Å². The van der Waals surface area contributed by atoms with Crippen LogP contribution < -0.4 is 0 Å². The summed E-state index contributed by atoms with van der Waals surface area (Å²) in [6, 6.07) is 1.74. The molecule has 0 saturated heterocycles. The van der Waals surface area contributed by atoms with Crippen molar-refractivity contribution in [3.63, 3.8) is 0 Å². The third kappa shape index (κ3) is 1.14. The number of imidazole rings is 1. The Hall–Kier alpha value is -1.91. The van der Waals surface area contributed by atoms with Gasteiger partial charge in [0.05, 0.1) is 12.8 Å². The molecular formula is C9H9N3O2. The summed E-state index contributed by atoms with van der Waals surface area (Å²) in [5, 5.41) is 0. The molecule has 0 radical (unpaired) electrons. The second-order valence-corrected chi connectivity index (χ2v) is 2.83. The number of hydrogen-bond acceptors (Lipinski definition) is 4. The Labute approximate surface area is 80.4 Å². The van der Waals surface area contributed by atoms with Crippen LogP contribution >= 0.6 is 0 Å². The van der Waals surface area contributed by atoms with Crippen molar-refractivity contribution in [3.05, 3.63) is 29.8 Å². The zero-order valence-electron chi connectivity index (χ0n) is 7.89. The summed E-state index contributed by atoms with van der Waals surface area (Å²) in [7, 11) is 1.34. The number of aromatic nitrogens is 3. The molecule has 72 valence electrons. The van der Waals surface area contributed by atoms with Gasteiger partial charge in [0.1, 0.15) is 0 Å². The number of carbonyl (C=O) groups is 1. The lowest BCUT2D eigenvalue weighted by Gasteiger charge is -1.98. The molecule has 0 amide bonds. The van der Waals surface area contributed by atoms with Crippen LogP contribution in [0.15, 0.2) is 18.5 Å². The highest BCUT2D eigenvalue weighted by Crippen LogP contribution is 2.10. The van der Waals surface area contributed by atoms with E-state index >= 15 is 0 Å². The van der Waals surface area contributed by atoms with Crippen LogP contribution in [-0.4, -0.2) is 27.4 Å². The van der Waals surface area contributed by atoms with Gasteiger partial charge in [0.25, 0.3) is 0 Å². The molecule has 2 aromatic rings. The van der Waals surface area contributed by atoms with Gasteiger partial charge in [-0.05, 0) is 13.0 Å². The predicted molar refractivity (Wildman–Crippen MR) is 49.1 cm³/mol. The van der Waals surface area contributed by atoms with Gasteiger partial charge in [-0.2, -0.15) is 0 Å². The van der Waals surface area contributed by atoms with Crippen molar-refractivity contribution in [3.8, 4) is 0 Å². The molecule has 0 atom stereocenters. The summed E-state index contributed by atoms with van der Waals surface area (Å²) in [6.07, 6.45) is 3.36. The van der Waals surface area contributed by atoms with Crippen molar-refractivity contribution in [1.82, 2.24) is 14.4 Å². The van der Waals surface area contributed by atoms with Gasteiger partial charge in [0, 0.05) is 12.4 Å². The van der Waals surface area contributed by atoms with Gasteiger partial charge in [-0.25, -0.2) is 14.8 Å². The van der Waals surface area contributed by atoms with E-state index in [1.807, 2.05) is 0 Å². The summed E-state index contributed by atoms with van der Waals surface area (Å²) in [5.74, 6) is 0.105. The maximum atomic E-state index is 11.4. The number of methoxy groups -OCH3 is 1. The molecule has 0 fully saturated rings. The number of aryl methyl sites for hydroxylation is 1. The normalized spacial score (nSPS) is 10.4. The summed E-state index contributed by atoms with van der Waals surface area (Å²) in [6.45, 7) is 1.75. The van der Waals surface area contributed by atoms with Gasteiger partial charge in [-0.3, -0.25) is 4.40 Å². The number of hydrogen-bond donors (Lipinski definition) is 0. The number of fused-ring (bicyclic) bond motifs is 1. The highest BCUT2D eigenvalue weighted by atomic mass is 16.5. The fourth-order valence-electron chi connectivity index (χ4n) is 1.34. The SMILES string of the molecule is COC(=O)c1c(C)nc2ncccn12. The van der Waals surface area contributed by atoms with Crippen LogP contribution in [0.2, 0.25) is 0 Å². The Morgan fingerprint density at radius 2 is 2.36 bits per heavy atom. The molecule has 0 saturated carbocycles. The molecule has 5 heteroatoms. The van der Waals surface area contributed by atoms with Gasteiger partial charge in [0.2, 0.25) is 5.78 Å². The van der Waals surface area contributed by atoms with E-state index in [0.29, 0.717) is 17.2 Å². The van der Waals surface area contributed by atoms with E-state index < -0.39 is 5.97 Å². The van der Waals surface area contributed by atoms with Crippen LogP contribution in [0.25, 0.3) is 5.78 Å². The quantitative estimate of drug-likeness (QED) is 0.626. The molecule has 2 rings (SSSR count). The van der Waals surface area contributed by atoms with E-state index in [0.717, 1.165) is 0 Å². The monoisotopic (exact) mass is 191 g/mol. The van der Waals surface area contributed by atoms with E-state index in [1.165, 1.54) is 7.11 Å². The number of nitrogens with zero attached hydrogens (tertiary/aromatic N) is 3. The van der Waals surface area contributed by atoms with Crippen molar-refractivity contribution in [2.24, 2.45) is 0 Å². The predicted octanol–water partition coefficient (Wildman–Crippen LogP) is 0.824. The molecule has 0 aliphatic rings. The fraction of sp³-hybridized carbons (Fsp3) is 0.222. The van der Waals surface area contributed by atoms with E-state index in [-0.39, 0.29) is 0 Å². The molecule has 0 N–H and O–H groups in total. The van der Waals surface area contributed by atoms with Crippen molar-refractivity contribution in [1.29, 1.82) is 0 Å². The lowest BCUT2D eigenvalue weighted by Crippen LogP contribution is -2.06. The Balaban J connectivity index is 2.74. The second kappa shape index (κ2) is 3.10. The summed E-state index contributed by atoms with van der Waals surface area (Å²) in [4.78, 5) is 19.6. The Bertz CT molecular complexity index is 490. The number of carbonyl (C=O) groups excluding carboxylic acids is 1. The van der Waals surface area contributed by atoms with Gasteiger partial charge in [0.15, 0.2) is 5.69 Å². The van der Waals surface area contributed by atoms with E-state index in [9.17, 15) is 4.79 Å². The van der Waals surface area contributed by atoms with E-state index in [1.54, 1.807) is 29.8 Å². The minimum atomic E-state index is -0.400. The van der Waals surface area contributed by atoms with Crippen LogP contribution in [0.3, 0.4) is 0 Å². The van der Waals surface area contributed by atoms with E-state index in [4.69, 9.17) is 0 Å². The molecule has 0 aromatic carbocycles. The average molecular weight is 191 g/mol.